The minimum Gasteiger partial charge on any atom is -0.484 e. The maximum atomic E-state index is 14.3. The standard InChI is InChI=1S/C32H34F3N3O3S/c1-4-7-27(21(3)23-8-6-9-24(18-23)32(34,35)5-2)36-30(40)28-20-42-31(37-28)22-14-16-38(17-15-22)29(39)19-41-26-12-10-25(33)11-13-26/h4,6-13,18,20,22H,5,14-17,19H2,1-3H3,(H,36,40)/b7-4-,27-21-. The number of hydrogen-bond donors (Lipinski definition) is 1. The van der Waals surface area contributed by atoms with E-state index in [0.29, 0.717) is 48.5 Å². The molecule has 10 heteroatoms. The number of aromatic nitrogens is 1. The molecule has 0 aliphatic carbocycles. The van der Waals surface area contributed by atoms with Crippen LogP contribution in [0.15, 0.2) is 71.8 Å². The molecule has 2 aromatic carbocycles. The van der Waals surface area contributed by atoms with Gasteiger partial charge in [0, 0.05) is 42.1 Å². The molecule has 0 saturated carbocycles. The number of carbonyl (C=O) groups excluding carboxylic acids is 2. The zero-order valence-electron chi connectivity index (χ0n) is 23.8. The number of benzene rings is 2. The Morgan fingerprint density at radius 2 is 1.88 bits per heavy atom. The van der Waals surface area contributed by atoms with Crippen molar-refractivity contribution in [2.75, 3.05) is 19.7 Å². The lowest BCUT2D eigenvalue weighted by atomic mass is 9.97. The van der Waals surface area contributed by atoms with Crippen molar-refractivity contribution in [1.82, 2.24) is 15.2 Å². The quantitative estimate of drug-likeness (QED) is 0.249. The van der Waals surface area contributed by atoms with Gasteiger partial charge in [-0.25, -0.2) is 18.2 Å². The number of nitrogens with one attached hydrogen (secondary N) is 1. The monoisotopic (exact) mass is 597 g/mol. The lowest BCUT2D eigenvalue weighted by Gasteiger charge is -2.31. The van der Waals surface area contributed by atoms with Gasteiger partial charge in [-0.3, -0.25) is 9.59 Å². The number of hydrogen-bond acceptors (Lipinski definition) is 5. The highest BCUT2D eigenvalue weighted by molar-refractivity contribution is 7.09. The van der Waals surface area contributed by atoms with Crippen LogP contribution < -0.4 is 10.1 Å². The molecule has 0 unspecified atom stereocenters. The molecule has 1 aromatic heterocycles. The molecule has 1 fully saturated rings. The number of piperidine rings is 1. The van der Waals surface area contributed by atoms with Crippen molar-refractivity contribution < 1.29 is 27.5 Å². The van der Waals surface area contributed by atoms with E-state index in [9.17, 15) is 22.8 Å². The predicted molar refractivity (Wildman–Crippen MR) is 158 cm³/mol. The van der Waals surface area contributed by atoms with Gasteiger partial charge in [-0.05, 0) is 74.2 Å². The molecular weight excluding hydrogens is 563 g/mol. The highest BCUT2D eigenvalue weighted by Crippen LogP contribution is 2.33. The van der Waals surface area contributed by atoms with Gasteiger partial charge in [-0.1, -0.05) is 31.2 Å². The van der Waals surface area contributed by atoms with Crippen molar-refractivity contribution in [3.8, 4) is 5.75 Å². The number of nitrogens with zero attached hydrogens (tertiary/aromatic N) is 2. The number of ether oxygens (including phenoxy) is 1. The first-order valence-electron chi connectivity index (χ1n) is 13.9. The molecule has 1 aliphatic heterocycles. The SMILES string of the molecule is C/C=C\C(NC(=O)c1csc(C2CCN(C(=O)COc3ccc(F)cc3)CC2)n1)=C(/C)c1cccc(C(F)(F)CC)c1. The van der Waals surface area contributed by atoms with Gasteiger partial charge >= 0.3 is 0 Å². The number of allylic oxidation sites excluding steroid dienone is 3. The fourth-order valence-electron chi connectivity index (χ4n) is 4.68. The van der Waals surface area contributed by atoms with Gasteiger partial charge in [0.25, 0.3) is 17.7 Å². The molecule has 0 bridgehead atoms. The zero-order valence-corrected chi connectivity index (χ0v) is 24.6. The number of likely N-dealkylation sites (tertiary alicyclic amines) is 1. The molecule has 0 atom stereocenters. The molecular formula is C32H34F3N3O3S. The Labute approximate surface area is 247 Å². The van der Waals surface area contributed by atoms with E-state index in [1.54, 1.807) is 41.5 Å². The molecule has 0 radical (unpaired) electrons. The second-order valence-electron chi connectivity index (χ2n) is 10.1. The van der Waals surface area contributed by atoms with Gasteiger partial charge in [-0.15, -0.1) is 11.3 Å². The van der Waals surface area contributed by atoms with Crippen LogP contribution in [0.4, 0.5) is 13.2 Å². The van der Waals surface area contributed by atoms with Gasteiger partial charge in [-0.2, -0.15) is 0 Å². The van der Waals surface area contributed by atoms with Crippen LogP contribution in [0.1, 0.15) is 72.6 Å². The van der Waals surface area contributed by atoms with Crippen LogP contribution in [0.25, 0.3) is 5.57 Å². The topological polar surface area (TPSA) is 71.5 Å². The summed E-state index contributed by atoms with van der Waals surface area (Å²) in [6.45, 7) is 6.00. The molecule has 2 amide bonds. The van der Waals surface area contributed by atoms with E-state index < -0.39 is 5.92 Å². The summed E-state index contributed by atoms with van der Waals surface area (Å²) < 4.78 is 47.1. The Kier molecular flexibility index (Phi) is 10.2. The lowest BCUT2D eigenvalue weighted by Crippen LogP contribution is -2.40. The maximum absolute atomic E-state index is 14.3. The molecule has 6 nitrogen and oxygen atoms in total. The van der Waals surface area contributed by atoms with Crippen LogP contribution in [0.3, 0.4) is 0 Å². The first-order valence-corrected chi connectivity index (χ1v) is 14.7. The molecule has 1 N–H and O–H groups in total. The second kappa shape index (κ2) is 13.8. The highest BCUT2D eigenvalue weighted by Gasteiger charge is 2.29. The Morgan fingerprint density at radius 1 is 1.17 bits per heavy atom. The van der Waals surface area contributed by atoms with Crippen molar-refractivity contribution in [2.24, 2.45) is 0 Å². The van der Waals surface area contributed by atoms with Crippen molar-refractivity contribution >= 4 is 28.7 Å². The Morgan fingerprint density at radius 3 is 2.55 bits per heavy atom. The summed E-state index contributed by atoms with van der Waals surface area (Å²) in [6.07, 6.45) is 4.62. The van der Waals surface area contributed by atoms with Gasteiger partial charge < -0.3 is 15.0 Å². The Hall–Kier alpha value is -3.92. The lowest BCUT2D eigenvalue weighted by molar-refractivity contribution is -0.134. The van der Waals surface area contributed by atoms with Crippen LogP contribution in [0, 0.1) is 5.82 Å². The van der Waals surface area contributed by atoms with Crippen LogP contribution in [0.2, 0.25) is 0 Å². The summed E-state index contributed by atoms with van der Waals surface area (Å²) in [7, 11) is 0. The van der Waals surface area contributed by atoms with Crippen LogP contribution in [0.5, 0.6) is 5.75 Å². The average molecular weight is 598 g/mol. The molecule has 222 valence electrons. The van der Waals surface area contributed by atoms with Crippen LogP contribution >= 0.6 is 11.3 Å². The number of rotatable bonds is 10. The summed E-state index contributed by atoms with van der Waals surface area (Å²) in [6, 6.07) is 11.7. The summed E-state index contributed by atoms with van der Waals surface area (Å²) in [5, 5.41) is 5.44. The molecule has 3 aromatic rings. The van der Waals surface area contributed by atoms with E-state index in [2.05, 4.69) is 10.3 Å². The Bertz CT molecular complexity index is 1460. The van der Waals surface area contributed by atoms with Crippen molar-refractivity contribution in [1.29, 1.82) is 0 Å². The summed E-state index contributed by atoms with van der Waals surface area (Å²) in [5.41, 5.74) is 1.97. The van der Waals surface area contributed by atoms with E-state index in [0.717, 1.165) is 5.01 Å². The summed E-state index contributed by atoms with van der Waals surface area (Å²) in [5.74, 6) is -3.27. The van der Waals surface area contributed by atoms with E-state index in [1.807, 2.05) is 6.92 Å². The average Bonchev–Trinajstić information content (AvgIpc) is 3.51. The van der Waals surface area contributed by atoms with E-state index in [1.165, 1.54) is 54.7 Å². The first kappa shape index (κ1) is 31.0. The number of halogens is 3. The number of carbonyl (C=O) groups is 2. The molecule has 4 rings (SSSR count). The highest BCUT2D eigenvalue weighted by atomic mass is 32.1. The molecule has 0 spiro atoms. The fraction of sp³-hybridized carbons (Fsp3) is 0.344. The number of amides is 2. The first-order chi connectivity index (χ1) is 20.1. The number of alkyl halides is 2. The van der Waals surface area contributed by atoms with Crippen LogP contribution in [-0.2, 0) is 10.7 Å². The third kappa shape index (κ3) is 7.67. The zero-order chi connectivity index (χ0) is 30.3. The molecule has 42 heavy (non-hydrogen) atoms. The fourth-order valence-corrected chi connectivity index (χ4v) is 5.65. The molecule has 2 heterocycles. The van der Waals surface area contributed by atoms with E-state index in [-0.39, 0.29) is 47.8 Å². The van der Waals surface area contributed by atoms with E-state index >= 15 is 0 Å². The molecule has 1 aliphatic rings. The Balaban J connectivity index is 1.36. The third-order valence-corrected chi connectivity index (χ3v) is 8.28. The summed E-state index contributed by atoms with van der Waals surface area (Å²) >= 11 is 1.41. The van der Waals surface area contributed by atoms with Gasteiger partial charge in [0.1, 0.15) is 17.3 Å². The largest absolute Gasteiger partial charge is 0.484 e. The smallest absolute Gasteiger partial charge is 0.275 e. The number of thiazole rings is 1. The van der Waals surface area contributed by atoms with Crippen molar-refractivity contribution in [3.63, 3.8) is 0 Å². The predicted octanol–water partition coefficient (Wildman–Crippen LogP) is 7.31. The van der Waals surface area contributed by atoms with Gasteiger partial charge in [0.2, 0.25) is 0 Å². The van der Waals surface area contributed by atoms with Crippen molar-refractivity contribution in [2.45, 2.75) is 51.9 Å². The maximum Gasteiger partial charge on any atom is 0.275 e. The van der Waals surface area contributed by atoms with Gasteiger partial charge in [0.05, 0.1) is 5.01 Å². The normalized spacial score (nSPS) is 15.0. The van der Waals surface area contributed by atoms with Gasteiger partial charge in [0.15, 0.2) is 6.61 Å². The third-order valence-electron chi connectivity index (χ3n) is 7.27. The summed E-state index contributed by atoms with van der Waals surface area (Å²) in [4.78, 5) is 32.1. The van der Waals surface area contributed by atoms with E-state index in [4.69, 9.17) is 4.74 Å². The van der Waals surface area contributed by atoms with Crippen molar-refractivity contribution in [3.05, 3.63) is 99.4 Å². The minimum absolute atomic E-state index is 0.0645. The minimum atomic E-state index is -2.93. The molecule has 1 saturated heterocycles. The van der Waals surface area contributed by atoms with Crippen LogP contribution in [-0.4, -0.2) is 41.4 Å². The second-order valence-corrected chi connectivity index (χ2v) is 11.0.